The molecule has 1 heterocycles. The molecule has 0 aliphatic heterocycles. The molecule has 0 fully saturated rings. The van der Waals surface area contributed by atoms with Gasteiger partial charge in [-0.05, 0) is 16.0 Å². The second kappa shape index (κ2) is 5.71. The van der Waals surface area contributed by atoms with Crippen LogP contribution in [-0.4, -0.2) is 35.9 Å². The minimum atomic E-state index is -3.93. The summed E-state index contributed by atoms with van der Waals surface area (Å²) in [5.74, 6) is -2.50. The first kappa shape index (κ1) is 15.0. The number of nitro groups is 1. The van der Waals surface area contributed by atoms with Crippen molar-refractivity contribution in [3.8, 4) is 0 Å². The molecule has 1 aromatic rings. The molecule has 0 saturated heterocycles. The number of aromatic nitrogens is 1. The van der Waals surface area contributed by atoms with Gasteiger partial charge >= 0.3 is 11.8 Å². The van der Waals surface area contributed by atoms with E-state index in [1.807, 2.05) is 0 Å². The number of nitrogens with one attached hydrogen (secondary N) is 1. The Balaban J connectivity index is 2.83. The summed E-state index contributed by atoms with van der Waals surface area (Å²) in [5, 5.41) is 19.0. The number of carboxylic acid groups (broad SMARTS) is 1. The van der Waals surface area contributed by atoms with E-state index < -0.39 is 32.7 Å². The first-order chi connectivity index (χ1) is 8.74. The number of carboxylic acids is 1. The minimum Gasteiger partial charge on any atom is -0.481 e. The molecule has 0 saturated carbocycles. The molecule has 0 aromatic carbocycles. The highest BCUT2D eigenvalue weighted by molar-refractivity contribution is 7.89. The van der Waals surface area contributed by atoms with Crippen LogP contribution in [0.15, 0.2) is 23.2 Å². The van der Waals surface area contributed by atoms with Crippen molar-refractivity contribution in [3.63, 3.8) is 0 Å². The van der Waals surface area contributed by atoms with Crippen molar-refractivity contribution in [2.75, 3.05) is 6.54 Å². The van der Waals surface area contributed by atoms with Gasteiger partial charge in [0.05, 0.1) is 5.92 Å². The molecule has 1 unspecified atom stereocenters. The monoisotopic (exact) mass is 289 g/mol. The highest BCUT2D eigenvalue weighted by atomic mass is 32.2. The molecule has 0 aliphatic carbocycles. The average molecular weight is 289 g/mol. The topological polar surface area (TPSA) is 140 Å². The second-order valence-electron chi connectivity index (χ2n) is 3.70. The number of aliphatic carboxylic acids is 1. The lowest BCUT2D eigenvalue weighted by atomic mass is 10.2. The summed E-state index contributed by atoms with van der Waals surface area (Å²) in [6.45, 7) is 1.06. The third-order valence-electron chi connectivity index (χ3n) is 2.22. The van der Waals surface area contributed by atoms with E-state index in [1.165, 1.54) is 6.92 Å². The summed E-state index contributed by atoms with van der Waals surface area (Å²) in [5.41, 5.74) is 0. The zero-order valence-electron chi connectivity index (χ0n) is 9.81. The summed E-state index contributed by atoms with van der Waals surface area (Å²) >= 11 is 0. The van der Waals surface area contributed by atoms with Gasteiger partial charge in [-0.2, -0.15) is 0 Å². The standard InChI is InChI=1S/C9H11N3O6S/c1-6(9(13)14)4-11-19(17,18)7-2-3-8(10-5-7)12(15)16/h2-3,5-6,11H,4H2,1H3,(H,13,14). The van der Waals surface area contributed by atoms with Crippen molar-refractivity contribution in [1.82, 2.24) is 9.71 Å². The molecule has 1 atom stereocenters. The highest BCUT2D eigenvalue weighted by Gasteiger charge is 2.20. The van der Waals surface area contributed by atoms with Crippen LogP contribution in [-0.2, 0) is 14.8 Å². The molecular weight excluding hydrogens is 278 g/mol. The second-order valence-corrected chi connectivity index (χ2v) is 5.47. The van der Waals surface area contributed by atoms with Crippen molar-refractivity contribution in [2.24, 2.45) is 5.92 Å². The van der Waals surface area contributed by atoms with Gasteiger partial charge in [0.2, 0.25) is 10.0 Å². The molecule has 0 aliphatic rings. The maximum absolute atomic E-state index is 11.7. The van der Waals surface area contributed by atoms with Crippen LogP contribution in [0, 0.1) is 16.0 Å². The van der Waals surface area contributed by atoms with Crippen LogP contribution in [0.3, 0.4) is 0 Å². The molecule has 9 nitrogen and oxygen atoms in total. The van der Waals surface area contributed by atoms with Crippen molar-refractivity contribution < 1.29 is 23.2 Å². The number of rotatable bonds is 6. The van der Waals surface area contributed by atoms with E-state index in [0.29, 0.717) is 0 Å². The van der Waals surface area contributed by atoms with Gasteiger partial charge in [-0.1, -0.05) is 6.92 Å². The minimum absolute atomic E-state index is 0.268. The third kappa shape index (κ3) is 3.96. The number of hydrogen-bond donors (Lipinski definition) is 2. The fourth-order valence-corrected chi connectivity index (χ4v) is 2.12. The van der Waals surface area contributed by atoms with Gasteiger partial charge in [0.1, 0.15) is 4.90 Å². The van der Waals surface area contributed by atoms with E-state index in [2.05, 4.69) is 9.71 Å². The van der Waals surface area contributed by atoms with Crippen molar-refractivity contribution >= 4 is 21.8 Å². The van der Waals surface area contributed by atoms with E-state index in [-0.39, 0.29) is 11.4 Å². The normalized spacial score (nSPS) is 12.9. The smallest absolute Gasteiger partial charge is 0.363 e. The molecule has 1 rings (SSSR count). The van der Waals surface area contributed by atoms with Gasteiger partial charge in [0, 0.05) is 12.6 Å². The molecule has 1 aromatic heterocycles. The Kier molecular flexibility index (Phi) is 4.51. The first-order valence-corrected chi connectivity index (χ1v) is 6.55. The summed E-state index contributed by atoms with van der Waals surface area (Å²) in [7, 11) is -3.93. The quantitative estimate of drug-likeness (QED) is 0.554. The molecule has 10 heteroatoms. The Morgan fingerprint density at radius 3 is 2.63 bits per heavy atom. The van der Waals surface area contributed by atoms with Crippen LogP contribution in [0.1, 0.15) is 6.92 Å². The SMILES string of the molecule is CC(CNS(=O)(=O)c1ccc([N+](=O)[O-])nc1)C(=O)O. The predicted octanol–water partition coefficient (Wildman–Crippen LogP) is -0.0112. The number of carbonyl (C=O) groups is 1. The zero-order valence-corrected chi connectivity index (χ0v) is 10.6. The van der Waals surface area contributed by atoms with E-state index in [0.717, 1.165) is 18.3 Å². The molecule has 0 spiro atoms. The van der Waals surface area contributed by atoms with Crippen LogP contribution >= 0.6 is 0 Å². The number of hydrogen-bond acceptors (Lipinski definition) is 6. The molecule has 104 valence electrons. The molecule has 0 radical (unpaired) electrons. The van der Waals surface area contributed by atoms with Gasteiger partial charge in [0.15, 0.2) is 6.20 Å². The molecule has 0 amide bonds. The summed E-state index contributed by atoms with van der Waals surface area (Å²) in [6.07, 6.45) is 0.839. The summed E-state index contributed by atoms with van der Waals surface area (Å²) < 4.78 is 25.5. The lowest BCUT2D eigenvalue weighted by molar-refractivity contribution is -0.389. The van der Waals surface area contributed by atoms with Crippen LogP contribution < -0.4 is 4.72 Å². The number of pyridine rings is 1. The number of sulfonamides is 1. The van der Waals surface area contributed by atoms with Crippen LogP contribution in [0.4, 0.5) is 5.82 Å². The van der Waals surface area contributed by atoms with E-state index in [9.17, 15) is 23.3 Å². The average Bonchev–Trinajstić information content (AvgIpc) is 2.36. The van der Waals surface area contributed by atoms with E-state index in [4.69, 9.17) is 5.11 Å². The molecule has 0 bridgehead atoms. The van der Waals surface area contributed by atoms with E-state index >= 15 is 0 Å². The molecular formula is C9H11N3O6S. The fraction of sp³-hybridized carbons (Fsp3) is 0.333. The Morgan fingerprint density at radius 2 is 2.21 bits per heavy atom. The van der Waals surface area contributed by atoms with Crippen LogP contribution in [0.5, 0.6) is 0 Å². The van der Waals surface area contributed by atoms with Crippen molar-refractivity contribution in [3.05, 3.63) is 28.4 Å². The van der Waals surface area contributed by atoms with Gasteiger partial charge in [-0.3, -0.25) is 4.79 Å². The largest absolute Gasteiger partial charge is 0.481 e. The first-order valence-electron chi connectivity index (χ1n) is 5.07. The van der Waals surface area contributed by atoms with Crippen LogP contribution in [0.2, 0.25) is 0 Å². The van der Waals surface area contributed by atoms with Crippen molar-refractivity contribution in [1.29, 1.82) is 0 Å². The third-order valence-corrected chi connectivity index (χ3v) is 3.63. The zero-order chi connectivity index (χ0) is 14.6. The Hall–Kier alpha value is -2.07. The predicted molar refractivity (Wildman–Crippen MR) is 62.9 cm³/mol. The van der Waals surface area contributed by atoms with Gasteiger partial charge in [0.25, 0.3) is 0 Å². The van der Waals surface area contributed by atoms with Crippen molar-refractivity contribution in [2.45, 2.75) is 11.8 Å². The maximum atomic E-state index is 11.7. The summed E-state index contributed by atoms with van der Waals surface area (Å²) in [4.78, 5) is 23.3. The summed E-state index contributed by atoms with van der Waals surface area (Å²) in [6, 6.07) is 1.98. The Labute approximate surface area is 108 Å². The molecule has 19 heavy (non-hydrogen) atoms. The number of nitrogens with zero attached hydrogens (tertiary/aromatic N) is 2. The van der Waals surface area contributed by atoms with Gasteiger partial charge < -0.3 is 15.2 Å². The maximum Gasteiger partial charge on any atom is 0.363 e. The fourth-order valence-electron chi connectivity index (χ4n) is 1.04. The highest BCUT2D eigenvalue weighted by Crippen LogP contribution is 2.12. The van der Waals surface area contributed by atoms with E-state index in [1.54, 1.807) is 0 Å². The molecule has 2 N–H and O–H groups in total. The van der Waals surface area contributed by atoms with Gasteiger partial charge in [-0.15, -0.1) is 0 Å². The lowest BCUT2D eigenvalue weighted by Crippen LogP contribution is -2.31. The van der Waals surface area contributed by atoms with Gasteiger partial charge in [-0.25, -0.2) is 13.1 Å². The Bertz CT molecular complexity index is 582. The lowest BCUT2D eigenvalue weighted by Gasteiger charge is -2.08. The van der Waals surface area contributed by atoms with Crippen LogP contribution in [0.25, 0.3) is 0 Å². The Morgan fingerprint density at radius 1 is 1.58 bits per heavy atom.